The Labute approximate surface area is 141 Å². The van der Waals surface area contributed by atoms with E-state index in [1.165, 1.54) is 5.56 Å². The molecule has 0 bridgehead atoms. The van der Waals surface area contributed by atoms with Crippen LogP contribution in [0.1, 0.15) is 32.6 Å². The van der Waals surface area contributed by atoms with E-state index in [4.69, 9.17) is 9.84 Å². The van der Waals surface area contributed by atoms with Gasteiger partial charge in [0.05, 0.1) is 0 Å². The molecular formula is C20H20O4. The zero-order chi connectivity index (χ0) is 17.7. The smallest absolute Gasteiger partial charge is 0.341 e. The average Bonchev–Trinajstić information content (AvgIpc) is 2.52. The van der Waals surface area contributed by atoms with Gasteiger partial charge in [-0.25, -0.2) is 4.79 Å². The van der Waals surface area contributed by atoms with Crippen molar-refractivity contribution >= 4 is 17.8 Å². The molecule has 0 aliphatic rings. The Kier molecular flexibility index (Phi) is 5.53. The summed E-state index contributed by atoms with van der Waals surface area (Å²) in [5, 5.41) is 8.57. The van der Waals surface area contributed by atoms with E-state index in [0.29, 0.717) is 11.3 Å². The normalized spacial score (nSPS) is 10.8. The van der Waals surface area contributed by atoms with Gasteiger partial charge in [-0.15, -0.1) is 0 Å². The molecule has 2 rings (SSSR count). The summed E-state index contributed by atoms with van der Waals surface area (Å²) in [7, 11) is 0. The molecule has 4 heteroatoms. The van der Waals surface area contributed by atoms with E-state index in [9.17, 15) is 9.59 Å². The third-order valence-corrected chi connectivity index (χ3v) is 3.64. The maximum absolute atomic E-state index is 12.3. The predicted molar refractivity (Wildman–Crippen MR) is 93.6 cm³/mol. The van der Waals surface area contributed by atoms with Gasteiger partial charge in [-0.05, 0) is 67.8 Å². The van der Waals surface area contributed by atoms with Crippen molar-refractivity contribution in [3.05, 3.63) is 70.3 Å². The first-order valence-corrected chi connectivity index (χ1v) is 7.61. The molecule has 0 atom stereocenters. The number of carbonyl (C=O) groups excluding carboxylic acids is 1. The monoisotopic (exact) mass is 324 g/mol. The van der Waals surface area contributed by atoms with Crippen LogP contribution in [0.2, 0.25) is 0 Å². The summed E-state index contributed by atoms with van der Waals surface area (Å²) in [5.41, 5.74) is 5.04. The van der Waals surface area contributed by atoms with Crippen molar-refractivity contribution in [3.63, 3.8) is 0 Å². The lowest BCUT2D eigenvalue weighted by Crippen LogP contribution is -2.09. The summed E-state index contributed by atoms with van der Waals surface area (Å²) in [6.45, 7) is 5.70. The van der Waals surface area contributed by atoms with Crippen LogP contribution in [0, 0.1) is 20.8 Å². The number of ether oxygens (including phenoxy) is 1. The van der Waals surface area contributed by atoms with Crippen molar-refractivity contribution in [2.45, 2.75) is 20.8 Å². The van der Waals surface area contributed by atoms with Crippen molar-refractivity contribution in [2.24, 2.45) is 0 Å². The van der Waals surface area contributed by atoms with Crippen molar-refractivity contribution < 1.29 is 19.4 Å². The molecule has 0 fully saturated rings. The number of hydrogen-bond donors (Lipinski definition) is 1. The first-order valence-electron chi connectivity index (χ1n) is 7.61. The summed E-state index contributed by atoms with van der Waals surface area (Å²) in [6.07, 6.45) is 3.39. The fourth-order valence-corrected chi connectivity index (χ4v) is 2.57. The number of carboxylic acid groups (broad SMARTS) is 1. The highest BCUT2D eigenvalue weighted by atomic mass is 16.5. The van der Waals surface area contributed by atoms with Crippen LogP contribution in [0.15, 0.2) is 42.5 Å². The van der Waals surface area contributed by atoms with Gasteiger partial charge in [-0.1, -0.05) is 23.8 Å². The van der Waals surface area contributed by atoms with Crippen LogP contribution in [0.25, 0.3) is 6.08 Å². The van der Waals surface area contributed by atoms with Crippen LogP contribution < -0.4 is 4.74 Å². The SMILES string of the molecule is Cc1cc(C)c(/C=C/C(=O)c2ccc(OCC(=O)O)cc2)c(C)c1. The van der Waals surface area contributed by atoms with Gasteiger partial charge in [0.1, 0.15) is 5.75 Å². The Hall–Kier alpha value is -2.88. The Morgan fingerprint density at radius 1 is 1.04 bits per heavy atom. The maximum Gasteiger partial charge on any atom is 0.341 e. The molecule has 2 aromatic carbocycles. The largest absolute Gasteiger partial charge is 0.482 e. The number of allylic oxidation sites excluding steroid dienone is 1. The van der Waals surface area contributed by atoms with Gasteiger partial charge < -0.3 is 9.84 Å². The molecule has 4 nitrogen and oxygen atoms in total. The van der Waals surface area contributed by atoms with Crippen molar-refractivity contribution in [3.8, 4) is 5.75 Å². The second kappa shape index (κ2) is 7.59. The minimum atomic E-state index is -1.04. The van der Waals surface area contributed by atoms with E-state index in [2.05, 4.69) is 12.1 Å². The molecule has 0 aliphatic carbocycles. The summed E-state index contributed by atoms with van der Waals surface area (Å²) < 4.78 is 5.05. The molecule has 24 heavy (non-hydrogen) atoms. The number of ketones is 1. The molecule has 2 aromatic rings. The van der Waals surface area contributed by atoms with Crippen LogP contribution in [-0.2, 0) is 4.79 Å². The van der Waals surface area contributed by atoms with Gasteiger partial charge in [0.2, 0.25) is 0 Å². The summed E-state index contributed by atoms with van der Waals surface area (Å²) in [5.74, 6) is -0.732. The lowest BCUT2D eigenvalue weighted by Gasteiger charge is -2.07. The third-order valence-electron chi connectivity index (χ3n) is 3.64. The number of aliphatic carboxylic acids is 1. The van der Waals surface area contributed by atoms with Gasteiger partial charge in [-0.3, -0.25) is 4.79 Å². The zero-order valence-electron chi connectivity index (χ0n) is 14.0. The zero-order valence-corrected chi connectivity index (χ0v) is 14.0. The van der Waals surface area contributed by atoms with E-state index in [0.717, 1.165) is 16.7 Å². The third kappa shape index (κ3) is 4.56. The van der Waals surface area contributed by atoms with Crippen LogP contribution in [-0.4, -0.2) is 23.5 Å². The molecular weight excluding hydrogens is 304 g/mol. The molecule has 0 saturated carbocycles. The fourth-order valence-electron chi connectivity index (χ4n) is 2.57. The first kappa shape index (κ1) is 17.5. The van der Waals surface area contributed by atoms with Crippen LogP contribution in [0.4, 0.5) is 0 Å². The number of carboxylic acids is 1. The maximum atomic E-state index is 12.3. The molecule has 0 spiro atoms. The van der Waals surface area contributed by atoms with Gasteiger partial charge in [0.15, 0.2) is 12.4 Å². The van der Waals surface area contributed by atoms with E-state index in [1.807, 2.05) is 26.8 Å². The number of benzene rings is 2. The van der Waals surface area contributed by atoms with E-state index < -0.39 is 12.6 Å². The molecule has 0 aromatic heterocycles. The molecule has 0 heterocycles. The van der Waals surface area contributed by atoms with E-state index >= 15 is 0 Å². The molecule has 1 N–H and O–H groups in total. The molecule has 0 saturated heterocycles. The highest BCUT2D eigenvalue weighted by Gasteiger charge is 2.05. The fraction of sp³-hybridized carbons (Fsp3) is 0.200. The molecule has 0 radical (unpaired) electrons. The molecule has 0 unspecified atom stereocenters. The molecule has 0 aliphatic heterocycles. The highest BCUT2D eigenvalue weighted by molar-refractivity contribution is 6.07. The predicted octanol–water partition coefficient (Wildman–Crippen LogP) is 3.97. The van der Waals surface area contributed by atoms with E-state index in [-0.39, 0.29) is 5.78 Å². The quantitative estimate of drug-likeness (QED) is 0.645. The van der Waals surface area contributed by atoms with Gasteiger partial charge in [-0.2, -0.15) is 0 Å². The number of aryl methyl sites for hydroxylation is 3. The van der Waals surface area contributed by atoms with Crippen molar-refractivity contribution in [2.75, 3.05) is 6.61 Å². The summed E-state index contributed by atoms with van der Waals surface area (Å²) >= 11 is 0. The van der Waals surface area contributed by atoms with Crippen molar-refractivity contribution in [1.29, 1.82) is 0 Å². The highest BCUT2D eigenvalue weighted by Crippen LogP contribution is 2.19. The number of rotatable bonds is 6. The Morgan fingerprint density at radius 3 is 2.17 bits per heavy atom. The Balaban J connectivity index is 2.11. The first-order chi connectivity index (χ1) is 11.4. The van der Waals surface area contributed by atoms with Crippen LogP contribution in [0.3, 0.4) is 0 Å². The lowest BCUT2D eigenvalue weighted by molar-refractivity contribution is -0.139. The Morgan fingerprint density at radius 2 is 1.62 bits per heavy atom. The van der Waals surface area contributed by atoms with Crippen LogP contribution in [0.5, 0.6) is 5.75 Å². The lowest BCUT2D eigenvalue weighted by atomic mass is 9.98. The Bertz CT molecular complexity index is 763. The number of hydrogen-bond acceptors (Lipinski definition) is 3. The van der Waals surface area contributed by atoms with E-state index in [1.54, 1.807) is 30.3 Å². The minimum absolute atomic E-state index is 0.112. The van der Waals surface area contributed by atoms with Gasteiger partial charge >= 0.3 is 5.97 Å². The molecule has 124 valence electrons. The van der Waals surface area contributed by atoms with Gasteiger partial charge in [0, 0.05) is 5.56 Å². The summed E-state index contributed by atoms with van der Waals surface area (Å²) in [4.78, 5) is 22.7. The topological polar surface area (TPSA) is 63.6 Å². The van der Waals surface area contributed by atoms with Crippen LogP contribution >= 0.6 is 0 Å². The second-order valence-electron chi connectivity index (χ2n) is 5.72. The minimum Gasteiger partial charge on any atom is -0.482 e. The second-order valence-corrected chi connectivity index (χ2v) is 5.72. The summed E-state index contributed by atoms with van der Waals surface area (Å²) in [6, 6.07) is 10.6. The average molecular weight is 324 g/mol. The molecule has 0 amide bonds. The number of carbonyl (C=O) groups is 2. The van der Waals surface area contributed by atoms with Crippen molar-refractivity contribution in [1.82, 2.24) is 0 Å². The van der Waals surface area contributed by atoms with Gasteiger partial charge in [0.25, 0.3) is 0 Å². The standard InChI is InChI=1S/C20H20O4/c1-13-10-14(2)18(15(3)11-13)8-9-19(21)16-4-6-17(7-5-16)24-12-20(22)23/h4-11H,12H2,1-3H3,(H,22,23)/b9-8+.